The molecule has 2 aliphatic rings. The molecule has 0 spiro atoms. The molecule has 2 aliphatic heterocycles. The van der Waals surface area contributed by atoms with Crippen LogP contribution in [0.3, 0.4) is 0 Å². The van der Waals surface area contributed by atoms with Gasteiger partial charge in [-0.2, -0.15) is 0 Å². The number of ether oxygens (including phenoxy) is 2. The average molecular weight is 332 g/mol. The van der Waals surface area contributed by atoms with Crippen LogP contribution in [-0.4, -0.2) is 50.3 Å². The fraction of sp³-hybridized carbons (Fsp3) is 0.632. The lowest BCUT2D eigenvalue weighted by Crippen LogP contribution is -2.45. The third-order valence-corrected chi connectivity index (χ3v) is 5.31. The first-order chi connectivity index (χ1) is 11.7. The van der Waals surface area contributed by atoms with Crippen molar-refractivity contribution >= 4 is 5.91 Å². The molecule has 2 saturated heterocycles. The number of benzene rings is 1. The van der Waals surface area contributed by atoms with Gasteiger partial charge in [0.15, 0.2) is 0 Å². The van der Waals surface area contributed by atoms with Crippen molar-refractivity contribution in [1.82, 2.24) is 4.90 Å². The summed E-state index contributed by atoms with van der Waals surface area (Å²) in [6.07, 6.45) is 5.00. The molecule has 24 heavy (non-hydrogen) atoms. The van der Waals surface area contributed by atoms with Crippen LogP contribution in [0.4, 0.5) is 0 Å². The van der Waals surface area contributed by atoms with Crippen molar-refractivity contribution in [2.24, 2.45) is 5.73 Å². The molecule has 1 amide bonds. The number of amides is 1. The Morgan fingerprint density at radius 2 is 1.83 bits per heavy atom. The summed E-state index contributed by atoms with van der Waals surface area (Å²) in [5.41, 5.74) is 6.08. The predicted molar refractivity (Wildman–Crippen MR) is 93.2 cm³/mol. The third kappa shape index (κ3) is 3.90. The van der Waals surface area contributed by atoms with E-state index in [-0.39, 0.29) is 5.91 Å². The van der Waals surface area contributed by atoms with Gasteiger partial charge in [-0.25, -0.2) is 0 Å². The maximum Gasteiger partial charge on any atom is 0.228 e. The summed E-state index contributed by atoms with van der Waals surface area (Å²) in [4.78, 5) is 14.5. The molecule has 5 nitrogen and oxygen atoms in total. The lowest BCUT2D eigenvalue weighted by molar-refractivity contribution is -0.127. The van der Waals surface area contributed by atoms with E-state index in [1.165, 1.54) is 25.9 Å². The summed E-state index contributed by atoms with van der Waals surface area (Å²) in [6.45, 7) is 5.46. The molecule has 0 aromatic heterocycles. The Morgan fingerprint density at radius 3 is 2.46 bits per heavy atom. The zero-order valence-corrected chi connectivity index (χ0v) is 14.3. The Labute approximate surface area is 144 Å². The van der Waals surface area contributed by atoms with E-state index < -0.39 is 5.41 Å². The largest absolute Gasteiger partial charge is 0.494 e. The van der Waals surface area contributed by atoms with Gasteiger partial charge in [0, 0.05) is 19.8 Å². The van der Waals surface area contributed by atoms with E-state index in [9.17, 15) is 4.79 Å². The predicted octanol–water partition coefficient (Wildman–Crippen LogP) is 2.08. The molecule has 5 heteroatoms. The van der Waals surface area contributed by atoms with Crippen LogP contribution < -0.4 is 10.5 Å². The molecular formula is C19H28N2O3. The van der Waals surface area contributed by atoms with Crippen molar-refractivity contribution in [2.75, 3.05) is 39.5 Å². The highest BCUT2D eigenvalue weighted by atomic mass is 16.5. The van der Waals surface area contributed by atoms with Crippen LogP contribution in [0, 0.1) is 0 Å². The Bertz CT molecular complexity index is 532. The Hall–Kier alpha value is -1.59. The van der Waals surface area contributed by atoms with E-state index in [4.69, 9.17) is 15.2 Å². The van der Waals surface area contributed by atoms with E-state index in [0.29, 0.717) is 26.1 Å². The molecule has 1 aromatic rings. The lowest BCUT2D eigenvalue weighted by atomic mass is 9.73. The second-order valence-corrected chi connectivity index (χ2v) is 6.83. The molecule has 0 unspecified atom stereocenters. The van der Waals surface area contributed by atoms with Crippen molar-refractivity contribution in [3.05, 3.63) is 29.8 Å². The van der Waals surface area contributed by atoms with Crippen molar-refractivity contribution in [3.63, 3.8) is 0 Å². The minimum absolute atomic E-state index is 0.259. The van der Waals surface area contributed by atoms with Gasteiger partial charge in [0.05, 0.1) is 12.0 Å². The molecule has 2 fully saturated rings. The Balaban J connectivity index is 1.53. The molecule has 0 saturated carbocycles. The summed E-state index contributed by atoms with van der Waals surface area (Å²) in [5, 5.41) is 0. The first kappa shape index (κ1) is 17.2. The van der Waals surface area contributed by atoms with Gasteiger partial charge < -0.3 is 20.1 Å². The maximum atomic E-state index is 12.0. The number of nitrogens with two attached hydrogens (primary N) is 1. The van der Waals surface area contributed by atoms with Gasteiger partial charge in [0.2, 0.25) is 5.91 Å². The standard InChI is InChI=1S/C19H28N2O3/c20-18(22)19(8-14-23-15-9-19)16-4-6-17(7-5-16)24-13-3-12-21-10-1-2-11-21/h4-7H,1-3,8-15H2,(H2,20,22). The smallest absolute Gasteiger partial charge is 0.228 e. The van der Waals surface area contributed by atoms with E-state index in [1.807, 2.05) is 24.3 Å². The van der Waals surface area contributed by atoms with Crippen LogP contribution in [0.5, 0.6) is 5.75 Å². The number of hydrogen-bond acceptors (Lipinski definition) is 4. The summed E-state index contributed by atoms with van der Waals surface area (Å²) >= 11 is 0. The fourth-order valence-electron chi connectivity index (χ4n) is 3.75. The highest BCUT2D eigenvalue weighted by molar-refractivity contribution is 5.86. The lowest BCUT2D eigenvalue weighted by Gasteiger charge is -2.34. The fourth-order valence-corrected chi connectivity index (χ4v) is 3.75. The summed E-state index contributed by atoms with van der Waals surface area (Å²) in [5.74, 6) is 0.594. The summed E-state index contributed by atoms with van der Waals surface area (Å²) in [6, 6.07) is 7.86. The van der Waals surface area contributed by atoms with Gasteiger partial charge in [-0.3, -0.25) is 4.79 Å². The van der Waals surface area contributed by atoms with Gasteiger partial charge in [0.25, 0.3) is 0 Å². The van der Waals surface area contributed by atoms with Crippen LogP contribution >= 0.6 is 0 Å². The van der Waals surface area contributed by atoms with E-state index in [1.54, 1.807) is 0 Å². The molecule has 0 bridgehead atoms. The number of carbonyl (C=O) groups is 1. The van der Waals surface area contributed by atoms with E-state index in [0.717, 1.165) is 30.9 Å². The summed E-state index contributed by atoms with van der Waals surface area (Å²) in [7, 11) is 0. The number of likely N-dealkylation sites (tertiary alicyclic amines) is 1. The molecule has 132 valence electrons. The number of rotatable bonds is 7. The molecule has 0 aliphatic carbocycles. The normalized spacial score (nSPS) is 20.8. The monoisotopic (exact) mass is 332 g/mol. The molecular weight excluding hydrogens is 304 g/mol. The number of nitrogens with zero attached hydrogens (tertiary/aromatic N) is 1. The Kier molecular flexibility index (Phi) is 5.74. The third-order valence-electron chi connectivity index (χ3n) is 5.31. The quantitative estimate of drug-likeness (QED) is 0.777. The van der Waals surface area contributed by atoms with Gasteiger partial charge in [-0.1, -0.05) is 12.1 Å². The number of carbonyl (C=O) groups excluding carboxylic acids is 1. The van der Waals surface area contributed by atoms with Crippen LogP contribution in [0.15, 0.2) is 24.3 Å². The van der Waals surface area contributed by atoms with Crippen LogP contribution in [0.1, 0.15) is 37.7 Å². The second-order valence-electron chi connectivity index (χ2n) is 6.83. The number of primary amides is 1. The average Bonchev–Trinajstić information content (AvgIpc) is 3.13. The Morgan fingerprint density at radius 1 is 1.17 bits per heavy atom. The van der Waals surface area contributed by atoms with Gasteiger partial charge in [-0.15, -0.1) is 0 Å². The first-order valence-electron chi connectivity index (χ1n) is 9.04. The zero-order valence-electron chi connectivity index (χ0n) is 14.3. The molecule has 0 radical (unpaired) electrons. The molecule has 1 aromatic carbocycles. The van der Waals surface area contributed by atoms with Gasteiger partial charge >= 0.3 is 0 Å². The maximum absolute atomic E-state index is 12.0. The van der Waals surface area contributed by atoms with Gasteiger partial charge in [-0.05, 0) is 62.9 Å². The zero-order chi connectivity index (χ0) is 16.8. The molecule has 0 atom stereocenters. The highest BCUT2D eigenvalue weighted by Crippen LogP contribution is 2.35. The minimum atomic E-state index is -0.591. The van der Waals surface area contributed by atoms with Gasteiger partial charge in [0.1, 0.15) is 5.75 Å². The second kappa shape index (κ2) is 7.99. The first-order valence-corrected chi connectivity index (χ1v) is 9.04. The number of hydrogen-bond donors (Lipinski definition) is 1. The topological polar surface area (TPSA) is 64.8 Å². The van der Waals surface area contributed by atoms with E-state index in [2.05, 4.69) is 4.90 Å². The van der Waals surface area contributed by atoms with Crippen molar-refractivity contribution < 1.29 is 14.3 Å². The van der Waals surface area contributed by atoms with Crippen LogP contribution in [0.25, 0.3) is 0 Å². The van der Waals surface area contributed by atoms with Crippen molar-refractivity contribution in [2.45, 2.75) is 37.5 Å². The van der Waals surface area contributed by atoms with Crippen LogP contribution in [-0.2, 0) is 14.9 Å². The molecule has 2 heterocycles. The van der Waals surface area contributed by atoms with Crippen LogP contribution in [0.2, 0.25) is 0 Å². The molecule has 2 N–H and O–H groups in total. The highest BCUT2D eigenvalue weighted by Gasteiger charge is 2.40. The minimum Gasteiger partial charge on any atom is -0.494 e. The summed E-state index contributed by atoms with van der Waals surface area (Å²) < 4.78 is 11.2. The SMILES string of the molecule is NC(=O)C1(c2ccc(OCCCN3CCCC3)cc2)CCOCC1. The molecule has 3 rings (SSSR count). The van der Waals surface area contributed by atoms with E-state index >= 15 is 0 Å². The van der Waals surface area contributed by atoms with Crippen molar-refractivity contribution in [3.8, 4) is 5.75 Å². The van der Waals surface area contributed by atoms with Crippen molar-refractivity contribution in [1.29, 1.82) is 0 Å².